The molecule has 2 fully saturated rings. The standard InChI is InChI=1S/C19H20ClN5O/c1-12-17(25-15-4-3-13(21-2)9-14(15)20)23-11-24-18(12)26-16-5-8-22-10-19(16)6-7-19/h3-4,9,11,16,22H,5-8,10H2,1H3,(H,23,24,25). The number of rotatable bonds is 4. The monoisotopic (exact) mass is 369 g/mol. The van der Waals surface area contributed by atoms with Crippen molar-refractivity contribution >= 4 is 28.8 Å². The van der Waals surface area contributed by atoms with E-state index in [2.05, 4.69) is 25.4 Å². The van der Waals surface area contributed by atoms with Crippen molar-refractivity contribution in [3.63, 3.8) is 0 Å². The SMILES string of the molecule is [C-]#[N+]c1ccc(Nc2ncnc(OC3CCNCC34CC4)c2C)c(Cl)c1. The number of ether oxygens (including phenoxy) is 1. The van der Waals surface area contributed by atoms with Gasteiger partial charge in [-0.2, -0.15) is 0 Å². The fraction of sp³-hybridized carbons (Fsp3) is 0.421. The molecule has 1 saturated carbocycles. The van der Waals surface area contributed by atoms with Crippen LogP contribution < -0.4 is 15.4 Å². The fourth-order valence-electron chi connectivity index (χ4n) is 3.45. The van der Waals surface area contributed by atoms with E-state index in [9.17, 15) is 0 Å². The smallest absolute Gasteiger partial charge is 0.221 e. The zero-order valence-electron chi connectivity index (χ0n) is 14.6. The second kappa shape index (κ2) is 6.75. The molecular formula is C19H20ClN5O. The van der Waals surface area contributed by atoms with Gasteiger partial charge in [-0.3, -0.25) is 0 Å². The van der Waals surface area contributed by atoms with Gasteiger partial charge in [-0.15, -0.1) is 0 Å². The van der Waals surface area contributed by atoms with E-state index in [-0.39, 0.29) is 11.5 Å². The molecule has 2 heterocycles. The molecule has 2 aliphatic rings. The normalized spacial score (nSPS) is 20.4. The Morgan fingerprint density at radius 3 is 2.96 bits per heavy atom. The summed E-state index contributed by atoms with van der Waals surface area (Å²) >= 11 is 6.26. The third kappa shape index (κ3) is 3.20. The minimum atomic E-state index is 0.201. The minimum Gasteiger partial charge on any atom is -0.473 e. The molecule has 1 unspecified atom stereocenters. The maximum atomic E-state index is 7.06. The van der Waals surface area contributed by atoms with Crippen molar-refractivity contribution in [2.45, 2.75) is 32.3 Å². The van der Waals surface area contributed by atoms with Crippen molar-refractivity contribution in [3.05, 3.63) is 46.5 Å². The van der Waals surface area contributed by atoms with Crippen LogP contribution in [0.4, 0.5) is 17.2 Å². The molecule has 0 amide bonds. The number of hydrogen-bond donors (Lipinski definition) is 2. The van der Waals surface area contributed by atoms with Gasteiger partial charge in [0.05, 0.1) is 22.8 Å². The van der Waals surface area contributed by atoms with Crippen LogP contribution in [0.25, 0.3) is 4.85 Å². The van der Waals surface area contributed by atoms with Crippen LogP contribution in [0.5, 0.6) is 5.88 Å². The molecule has 1 aliphatic carbocycles. The van der Waals surface area contributed by atoms with E-state index in [1.165, 1.54) is 19.2 Å². The summed E-state index contributed by atoms with van der Waals surface area (Å²) in [7, 11) is 0. The quantitative estimate of drug-likeness (QED) is 0.788. The van der Waals surface area contributed by atoms with Gasteiger partial charge in [-0.05, 0) is 44.9 Å². The molecule has 0 bridgehead atoms. The number of nitrogens with zero attached hydrogens (tertiary/aromatic N) is 3. The highest BCUT2D eigenvalue weighted by Gasteiger charge is 2.52. The van der Waals surface area contributed by atoms with Gasteiger partial charge in [-0.1, -0.05) is 17.7 Å². The maximum absolute atomic E-state index is 7.06. The molecule has 2 N–H and O–H groups in total. The second-order valence-corrected chi connectivity index (χ2v) is 7.39. The summed E-state index contributed by atoms with van der Waals surface area (Å²) in [6, 6.07) is 5.14. The van der Waals surface area contributed by atoms with Gasteiger partial charge in [0.15, 0.2) is 5.69 Å². The Morgan fingerprint density at radius 2 is 2.23 bits per heavy atom. The predicted octanol–water partition coefficient (Wildman–Crippen LogP) is 4.25. The Balaban J connectivity index is 1.55. The second-order valence-electron chi connectivity index (χ2n) is 6.99. The first kappa shape index (κ1) is 17.1. The molecule has 2 aromatic rings. The number of anilines is 2. The molecule has 6 nitrogen and oxygen atoms in total. The summed E-state index contributed by atoms with van der Waals surface area (Å²) in [5.74, 6) is 1.28. The van der Waals surface area contributed by atoms with E-state index in [0.29, 0.717) is 28.1 Å². The van der Waals surface area contributed by atoms with Crippen LogP contribution in [0.1, 0.15) is 24.8 Å². The molecule has 134 valence electrons. The molecule has 1 aliphatic heterocycles. The molecule has 1 aromatic heterocycles. The van der Waals surface area contributed by atoms with Crippen molar-refractivity contribution in [1.82, 2.24) is 15.3 Å². The first-order valence-electron chi connectivity index (χ1n) is 8.74. The van der Waals surface area contributed by atoms with Gasteiger partial charge in [-0.25, -0.2) is 14.8 Å². The van der Waals surface area contributed by atoms with Gasteiger partial charge in [0, 0.05) is 12.0 Å². The summed E-state index contributed by atoms with van der Waals surface area (Å²) in [4.78, 5) is 12.1. The molecule has 1 spiro atoms. The van der Waals surface area contributed by atoms with Crippen LogP contribution in [-0.4, -0.2) is 29.2 Å². The van der Waals surface area contributed by atoms with Crippen LogP contribution in [-0.2, 0) is 0 Å². The highest BCUT2D eigenvalue weighted by molar-refractivity contribution is 6.33. The Labute approximate surface area is 157 Å². The van der Waals surface area contributed by atoms with E-state index in [4.69, 9.17) is 22.9 Å². The van der Waals surface area contributed by atoms with Crippen LogP contribution in [0.3, 0.4) is 0 Å². The lowest BCUT2D eigenvalue weighted by atomic mass is 9.93. The van der Waals surface area contributed by atoms with E-state index in [1.54, 1.807) is 18.2 Å². The first-order chi connectivity index (χ1) is 12.6. The van der Waals surface area contributed by atoms with Crippen molar-refractivity contribution < 1.29 is 4.74 Å². The molecule has 1 saturated heterocycles. The van der Waals surface area contributed by atoms with Crippen LogP contribution in [0.15, 0.2) is 24.5 Å². The van der Waals surface area contributed by atoms with Crippen LogP contribution in [0.2, 0.25) is 5.02 Å². The largest absolute Gasteiger partial charge is 0.473 e. The average Bonchev–Trinajstić information content (AvgIpc) is 3.42. The van der Waals surface area contributed by atoms with E-state index in [1.807, 2.05) is 6.92 Å². The van der Waals surface area contributed by atoms with Gasteiger partial charge in [0.25, 0.3) is 0 Å². The van der Waals surface area contributed by atoms with E-state index < -0.39 is 0 Å². The third-order valence-corrected chi connectivity index (χ3v) is 5.57. The highest BCUT2D eigenvalue weighted by Crippen LogP contribution is 2.51. The summed E-state index contributed by atoms with van der Waals surface area (Å²) in [6.45, 7) is 11.0. The molecule has 1 aromatic carbocycles. The van der Waals surface area contributed by atoms with Crippen molar-refractivity contribution in [2.75, 3.05) is 18.4 Å². The van der Waals surface area contributed by atoms with E-state index >= 15 is 0 Å². The molecule has 0 radical (unpaired) electrons. The lowest BCUT2D eigenvalue weighted by Crippen LogP contribution is -2.44. The third-order valence-electron chi connectivity index (χ3n) is 5.26. The molecule has 4 rings (SSSR count). The summed E-state index contributed by atoms with van der Waals surface area (Å²) in [5, 5.41) is 7.18. The summed E-state index contributed by atoms with van der Waals surface area (Å²) in [6.07, 6.45) is 5.13. The van der Waals surface area contributed by atoms with Crippen molar-refractivity contribution in [1.29, 1.82) is 0 Å². The van der Waals surface area contributed by atoms with Gasteiger partial charge >= 0.3 is 0 Å². The zero-order chi connectivity index (χ0) is 18.1. The number of piperidine rings is 1. The topological polar surface area (TPSA) is 63.4 Å². The van der Waals surface area contributed by atoms with Crippen LogP contribution >= 0.6 is 11.6 Å². The first-order valence-corrected chi connectivity index (χ1v) is 9.12. The number of aromatic nitrogens is 2. The lowest BCUT2D eigenvalue weighted by molar-refractivity contribution is 0.0818. The van der Waals surface area contributed by atoms with E-state index in [0.717, 1.165) is 25.1 Å². The highest BCUT2D eigenvalue weighted by atomic mass is 35.5. The molecule has 26 heavy (non-hydrogen) atoms. The predicted molar refractivity (Wildman–Crippen MR) is 101 cm³/mol. The van der Waals surface area contributed by atoms with Gasteiger partial charge in [0.2, 0.25) is 5.88 Å². The number of hydrogen-bond acceptors (Lipinski definition) is 5. The Kier molecular flexibility index (Phi) is 4.43. The van der Waals surface area contributed by atoms with Crippen molar-refractivity contribution in [2.24, 2.45) is 5.41 Å². The molecule has 1 atom stereocenters. The summed E-state index contributed by atoms with van der Waals surface area (Å²) < 4.78 is 6.31. The van der Waals surface area contributed by atoms with Crippen molar-refractivity contribution in [3.8, 4) is 5.88 Å². The number of benzene rings is 1. The van der Waals surface area contributed by atoms with Crippen LogP contribution in [0, 0.1) is 18.9 Å². The van der Waals surface area contributed by atoms with Gasteiger partial charge in [0.1, 0.15) is 18.2 Å². The number of nitrogens with one attached hydrogen (secondary N) is 2. The fourth-order valence-corrected chi connectivity index (χ4v) is 3.67. The molecular weight excluding hydrogens is 350 g/mol. The minimum absolute atomic E-state index is 0.201. The lowest BCUT2D eigenvalue weighted by Gasteiger charge is -2.32. The Bertz CT molecular complexity index is 875. The zero-order valence-corrected chi connectivity index (χ0v) is 15.3. The number of halogens is 1. The Morgan fingerprint density at radius 1 is 1.38 bits per heavy atom. The summed E-state index contributed by atoms with van der Waals surface area (Å²) in [5.41, 5.74) is 2.34. The molecule has 7 heteroatoms. The average molecular weight is 370 g/mol. The van der Waals surface area contributed by atoms with Gasteiger partial charge < -0.3 is 15.4 Å². The Hall–Kier alpha value is -2.36. The maximum Gasteiger partial charge on any atom is 0.221 e.